The number of hydrogen-bond donors (Lipinski definition) is 2. The van der Waals surface area contributed by atoms with E-state index in [0.717, 1.165) is 23.9 Å². The molecule has 26 heavy (non-hydrogen) atoms. The highest BCUT2D eigenvalue weighted by Crippen LogP contribution is 2.30. The second kappa shape index (κ2) is 18.4. The zero-order valence-corrected chi connectivity index (χ0v) is 18.5. The fourth-order valence-electron chi connectivity index (χ4n) is 2.42. The number of likely N-dealkylation sites (N-methyl/N-ethyl adjacent to an activating group) is 1. The number of aliphatic hydroxyl groups excluding tert-OH is 1. The van der Waals surface area contributed by atoms with E-state index in [4.69, 9.17) is 10.00 Å². The molecule has 0 aliphatic rings. The molecule has 0 aliphatic heterocycles. The molecule has 160 valence electrons. The van der Waals surface area contributed by atoms with Crippen LogP contribution in [0, 0.1) is 0 Å². The molecule has 0 aromatic heterocycles. The summed E-state index contributed by atoms with van der Waals surface area (Å²) in [6.07, 6.45) is 14.7. The molecule has 0 fully saturated rings. The van der Waals surface area contributed by atoms with Gasteiger partial charge in [-0.1, -0.05) is 77.6 Å². The average Bonchev–Trinajstić information content (AvgIpc) is 2.50. The normalized spacial score (nSPS) is 13.8. The molecule has 6 nitrogen and oxygen atoms in total. The molecule has 0 rings (SSSR count). The fourth-order valence-corrected chi connectivity index (χ4v) is 2.78. The van der Waals surface area contributed by atoms with Gasteiger partial charge in [0.15, 0.2) is 0 Å². The van der Waals surface area contributed by atoms with Crippen LogP contribution in [-0.4, -0.2) is 55.4 Å². The highest BCUT2D eigenvalue weighted by atomic mass is 31.2. The first kappa shape index (κ1) is 28.2. The van der Waals surface area contributed by atoms with Gasteiger partial charge in [-0.2, -0.15) is 0 Å². The molecule has 0 heterocycles. The molecule has 1 atom stereocenters. The first-order valence-corrected chi connectivity index (χ1v) is 11.7. The zero-order valence-electron chi connectivity index (χ0n) is 17.6. The zero-order chi connectivity index (χ0) is 20.3. The van der Waals surface area contributed by atoms with E-state index in [2.05, 4.69) is 32.6 Å². The third-order valence-electron chi connectivity index (χ3n) is 4.02. The van der Waals surface area contributed by atoms with Crippen LogP contribution in [0.4, 0.5) is 0 Å². The van der Waals surface area contributed by atoms with Gasteiger partial charge in [-0.05, 0) is 6.42 Å². The van der Waals surface area contributed by atoms with Crippen molar-refractivity contribution in [3.63, 3.8) is 0 Å². The minimum Gasteiger partial charge on any atom is -0.756 e. The van der Waals surface area contributed by atoms with E-state index in [-0.39, 0.29) is 13.2 Å². The second-order valence-corrected chi connectivity index (χ2v) is 9.12. The third-order valence-corrected chi connectivity index (χ3v) is 4.53. The van der Waals surface area contributed by atoms with E-state index >= 15 is 0 Å². The average molecular weight is 398 g/mol. The van der Waals surface area contributed by atoms with E-state index < -0.39 is 7.82 Å². The standard InChI is InChI=1S/C14H31O4P.C5H14NO/c1-2-3-4-5-6-7-8-9-10-11-12-13-14-18-19(15,16)17;1-6(2,3)4-5-7/h2-14H2,1H3,(H2,15,16,17);7H,4-5H2,1-3H3/q;+1/p-1. The molecule has 0 amide bonds. The molecule has 0 saturated heterocycles. The Kier molecular flexibility index (Phi) is 20.0. The van der Waals surface area contributed by atoms with Gasteiger partial charge in [-0.25, -0.2) is 0 Å². The summed E-state index contributed by atoms with van der Waals surface area (Å²) in [5, 5.41) is 8.39. The van der Waals surface area contributed by atoms with Crippen LogP contribution in [0.25, 0.3) is 0 Å². The van der Waals surface area contributed by atoms with Crippen LogP contribution < -0.4 is 4.89 Å². The molecule has 0 radical (unpaired) electrons. The number of unbranched alkanes of at least 4 members (excludes halogenated alkanes) is 11. The van der Waals surface area contributed by atoms with Crippen LogP contribution in [0.15, 0.2) is 0 Å². The number of aliphatic hydroxyl groups is 1. The molecule has 0 aromatic rings. The first-order valence-electron chi connectivity index (χ1n) is 10.2. The lowest BCUT2D eigenvalue weighted by molar-refractivity contribution is -0.870. The van der Waals surface area contributed by atoms with Crippen molar-refractivity contribution >= 4 is 7.82 Å². The molecule has 2 N–H and O–H groups in total. The van der Waals surface area contributed by atoms with E-state index in [1.807, 2.05) is 0 Å². The maximum absolute atomic E-state index is 10.3. The second-order valence-electron chi connectivity index (χ2n) is 7.93. The molecular weight excluding hydrogens is 353 g/mol. The van der Waals surface area contributed by atoms with Crippen molar-refractivity contribution in [3.05, 3.63) is 0 Å². The van der Waals surface area contributed by atoms with E-state index in [1.54, 1.807) is 0 Å². The number of rotatable bonds is 16. The van der Waals surface area contributed by atoms with Gasteiger partial charge in [-0.3, -0.25) is 4.57 Å². The van der Waals surface area contributed by atoms with Crippen molar-refractivity contribution in [2.75, 3.05) is 40.9 Å². The summed E-state index contributed by atoms with van der Waals surface area (Å²) in [5.41, 5.74) is 0. The van der Waals surface area contributed by atoms with Gasteiger partial charge in [0.1, 0.15) is 6.54 Å². The van der Waals surface area contributed by atoms with Crippen LogP contribution in [0.2, 0.25) is 0 Å². The predicted molar refractivity (Wildman–Crippen MR) is 107 cm³/mol. The number of quaternary nitrogens is 1. The highest BCUT2D eigenvalue weighted by molar-refractivity contribution is 7.44. The van der Waals surface area contributed by atoms with E-state index in [0.29, 0.717) is 6.42 Å². The predicted octanol–water partition coefficient (Wildman–Crippen LogP) is 3.85. The first-order chi connectivity index (χ1) is 12.1. The van der Waals surface area contributed by atoms with Crippen LogP contribution in [-0.2, 0) is 9.09 Å². The van der Waals surface area contributed by atoms with Gasteiger partial charge >= 0.3 is 0 Å². The van der Waals surface area contributed by atoms with Gasteiger partial charge in [0, 0.05) is 0 Å². The Morgan fingerprint density at radius 3 is 1.50 bits per heavy atom. The van der Waals surface area contributed by atoms with Crippen LogP contribution in [0.1, 0.15) is 84.0 Å². The summed E-state index contributed by atoms with van der Waals surface area (Å²) in [6, 6.07) is 0. The number of nitrogens with zero attached hydrogens (tertiary/aromatic N) is 1. The molecule has 7 heteroatoms. The maximum atomic E-state index is 10.3. The minimum absolute atomic E-state index is 0.106. The lowest BCUT2D eigenvalue weighted by Crippen LogP contribution is -2.36. The SMILES string of the molecule is CCCCCCCCCCCCCCOP(=O)([O-])O.C[N+](C)(C)CCO. The van der Waals surface area contributed by atoms with Crippen molar-refractivity contribution in [2.24, 2.45) is 0 Å². The Balaban J connectivity index is 0. The largest absolute Gasteiger partial charge is 0.756 e. The molecule has 1 unspecified atom stereocenters. The smallest absolute Gasteiger partial charge is 0.265 e. The molecule has 0 saturated carbocycles. The fraction of sp³-hybridized carbons (Fsp3) is 1.00. The topological polar surface area (TPSA) is 89.8 Å². The Hall–Kier alpha value is 0.0300. The van der Waals surface area contributed by atoms with E-state index in [9.17, 15) is 9.46 Å². The summed E-state index contributed by atoms with van der Waals surface area (Å²) < 4.78 is 15.4. The van der Waals surface area contributed by atoms with Crippen LogP contribution in [0.5, 0.6) is 0 Å². The summed E-state index contributed by atoms with van der Waals surface area (Å²) in [6.45, 7) is 3.46. The molecular formula is C19H44NO5P. The molecule has 0 aromatic carbocycles. The Bertz CT molecular complexity index is 328. The lowest BCUT2D eigenvalue weighted by atomic mass is 10.1. The maximum Gasteiger partial charge on any atom is 0.265 e. The number of hydrogen-bond acceptors (Lipinski definition) is 4. The highest BCUT2D eigenvalue weighted by Gasteiger charge is 2.02. The van der Waals surface area contributed by atoms with Gasteiger partial charge < -0.3 is 23.9 Å². The van der Waals surface area contributed by atoms with Crippen molar-refractivity contribution in [1.82, 2.24) is 0 Å². The minimum atomic E-state index is -4.50. The third kappa shape index (κ3) is 31.8. The van der Waals surface area contributed by atoms with Crippen LogP contribution >= 0.6 is 7.82 Å². The Morgan fingerprint density at radius 1 is 0.846 bits per heavy atom. The molecule has 0 bridgehead atoms. The lowest BCUT2D eigenvalue weighted by Gasteiger charge is -2.21. The monoisotopic (exact) mass is 397 g/mol. The van der Waals surface area contributed by atoms with E-state index in [1.165, 1.54) is 57.8 Å². The van der Waals surface area contributed by atoms with Crippen molar-refractivity contribution in [2.45, 2.75) is 84.0 Å². The molecule has 0 aliphatic carbocycles. The Morgan fingerprint density at radius 2 is 1.23 bits per heavy atom. The summed E-state index contributed by atoms with van der Waals surface area (Å²) >= 11 is 0. The van der Waals surface area contributed by atoms with Gasteiger partial charge in [0.2, 0.25) is 0 Å². The number of phosphoric ester groups is 1. The Labute approximate surface area is 161 Å². The van der Waals surface area contributed by atoms with Crippen molar-refractivity contribution < 1.29 is 28.5 Å². The number of phosphoric acid groups is 1. The van der Waals surface area contributed by atoms with Gasteiger partial charge in [-0.15, -0.1) is 0 Å². The van der Waals surface area contributed by atoms with Crippen molar-refractivity contribution in [1.29, 1.82) is 0 Å². The van der Waals surface area contributed by atoms with Crippen molar-refractivity contribution in [3.8, 4) is 0 Å². The summed E-state index contributed by atoms with van der Waals surface area (Å²) in [5.74, 6) is 0. The quantitative estimate of drug-likeness (QED) is 0.235. The summed E-state index contributed by atoms with van der Waals surface area (Å²) in [7, 11) is 1.66. The summed E-state index contributed by atoms with van der Waals surface area (Å²) in [4.78, 5) is 18.7. The van der Waals surface area contributed by atoms with Crippen LogP contribution in [0.3, 0.4) is 0 Å². The van der Waals surface area contributed by atoms with Gasteiger partial charge in [0.25, 0.3) is 7.82 Å². The molecule has 0 spiro atoms. The van der Waals surface area contributed by atoms with Gasteiger partial charge in [0.05, 0.1) is 34.4 Å².